The molecule has 1 radical (unpaired) electrons. The molecule has 0 saturated heterocycles. The maximum absolute atomic E-state index is 4.95. The van der Waals surface area contributed by atoms with Crippen molar-refractivity contribution in [3.8, 4) is 22.3 Å². The van der Waals surface area contributed by atoms with Gasteiger partial charge in [0, 0.05) is 37.5 Å². The molecule has 0 atom stereocenters. The first-order valence-corrected chi connectivity index (χ1v) is 12.2. The number of hydrogen-bond donors (Lipinski definition) is 0. The predicted octanol–water partition coefficient (Wildman–Crippen LogP) is 8.62. The quantitative estimate of drug-likeness (QED) is 0.136. The summed E-state index contributed by atoms with van der Waals surface area (Å²) in [7, 11) is 0. The van der Waals surface area contributed by atoms with Crippen molar-refractivity contribution >= 4 is 27.3 Å². The zero-order chi connectivity index (χ0) is 24.4. The van der Waals surface area contributed by atoms with Crippen LogP contribution in [0.5, 0.6) is 0 Å². The van der Waals surface area contributed by atoms with Crippen LogP contribution in [-0.2, 0) is 20.1 Å². The van der Waals surface area contributed by atoms with Crippen molar-refractivity contribution in [3.63, 3.8) is 0 Å². The second kappa shape index (κ2) is 9.00. The Morgan fingerprint density at radius 2 is 1.33 bits per heavy atom. The van der Waals surface area contributed by atoms with Crippen LogP contribution in [0.4, 0.5) is 0 Å². The van der Waals surface area contributed by atoms with Crippen LogP contribution in [0, 0.1) is 47.6 Å². The van der Waals surface area contributed by atoms with E-state index in [2.05, 4.69) is 119 Å². The van der Waals surface area contributed by atoms with Gasteiger partial charge in [-0.05, 0) is 97.5 Å². The van der Waals surface area contributed by atoms with E-state index in [1.807, 2.05) is 0 Å². The monoisotopic (exact) mass is 646 g/mol. The van der Waals surface area contributed by atoms with Crippen molar-refractivity contribution in [3.05, 3.63) is 106 Å². The van der Waals surface area contributed by atoms with Crippen LogP contribution in [-0.4, -0.2) is 9.38 Å². The third-order valence-electron chi connectivity index (χ3n) is 7.38. The maximum atomic E-state index is 4.95. The fourth-order valence-corrected chi connectivity index (χ4v) is 5.95. The van der Waals surface area contributed by atoms with Crippen LogP contribution in [0.1, 0.15) is 33.5 Å². The van der Waals surface area contributed by atoms with Gasteiger partial charge in [0.25, 0.3) is 0 Å². The summed E-state index contributed by atoms with van der Waals surface area (Å²) in [5.74, 6) is 0. The van der Waals surface area contributed by atoms with E-state index in [-0.39, 0.29) is 20.1 Å². The van der Waals surface area contributed by atoms with Crippen LogP contribution in [0.25, 0.3) is 49.6 Å². The van der Waals surface area contributed by atoms with Crippen LogP contribution in [0.3, 0.4) is 0 Å². The predicted molar refractivity (Wildman–Crippen MR) is 148 cm³/mol. The second-order valence-corrected chi connectivity index (χ2v) is 9.94. The van der Waals surface area contributed by atoms with Crippen LogP contribution in [0.2, 0.25) is 0 Å². The van der Waals surface area contributed by atoms with Crippen molar-refractivity contribution in [2.45, 2.75) is 41.5 Å². The van der Waals surface area contributed by atoms with Gasteiger partial charge in [0.15, 0.2) is 0 Å². The topological polar surface area (TPSA) is 17.3 Å². The molecule has 0 aliphatic rings. The Labute approximate surface area is 226 Å². The number of hydrogen-bond acceptors (Lipinski definition) is 1. The number of aromatic nitrogens is 2. The number of benzene rings is 4. The fourth-order valence-electron chi connectivity index (χ4n) is 5.95. The standard InChI is InChI=1S/C33H29N2.Ir/c1-19-10-7-11-20(2)29(19)25-16-23(5)32-28(17-25)31-26(30-21(3)12-8-13-22(30)4)14-9-15-27(31)33-34-24(6)18-35(32)33;/h7-14,16-18H,1-6H3;/q-1;. The number of pyridine rings is 1. The molecular formula is C33H29IrN2-. The van der Waals surface area contributed by atoms with E-state index in [0.29, 0.717) is 0 Å². The molecule has 0 spiro atoms. The van der Waals surface area contributed by atoms with Crippen LogP contribution < -0.4 is 0 Å². The minimum absolute atomic E-state index is 0. The van der Waals surface area contributed by atoms with Gasteiger partial charge in [-0.15, -0.1) is 18.2 Å². The molecule has 2 nitrogen and oxygen atoms in total. The molecule has 6 aromatic rings. The van der Waals surface area contributed by atoms with E-state index in [4.69, 9.17) is 4.98 Å². The van der Waals surface area contributed by atoms with E-state index in [1.54, 1.807) is 0 Å². The van der Waals surface area contributed by atoms with E-state index in [0.717, 1.165) is 16.7 Å². The smallest absolute Gasteiger partial charge is 0.0612 e. The molecule has 36 heavy (non-hydrogen) atoms. The Balaban J connectivity index is 0.00000267. The molecule has 6 rings (SSSR count). The van der Waals surface area contributed by atoms with E-state index < -0.39 is 0 Å². The molecule has 0 aliphatic carbocycles. The van der Waals surface area contributed by atoms with Gasteiger partial charge in [-0.2, -0.15) is 0 Å². The average Bonchev–Trinajstić information content (AvgIpc) is 3.20. The molecule has 0 unspecified atom stereocenters. The Morgan fingerprint density at radius 3 is 1.97 bits per heavy atom. The third-order valence-corrected chi connectivity index (χ3v) is 7.38. The molecule has 181 valence electrons. The Bertz CT molecular complexity index is 1770. The SMILES string of the molecule is Cc1cn2c(n1)c1[c-]ccc(-c3c(C)cccc3C)c1c1cc(-c3c(C)cccc3C)cc(C)c12.[Ir]. The van der Waals surface area contributed by atoms with Gasteiger partial charge in [-0.3, -0.25) is 4.98 Å². The number of rotatable bonds is 2. The number of fused-ring (bicyclic) bond motifs is 6. The van der Waals surface area contributed by atoms with Gasteiger partial charge in [-0.1, -0.05) is 58.8 Å². The number of imidazole rings is 1. The Kier molecular flexibility index (Phi) is 6.11. The summed E-state index contributed by atoms with van der Waals surface area (Å²) in [6.45, 7) is 13.1. The average molecular weight is 646 g/mol. The van der Waals surface area contributed by atoms with Gasteiger partial charge in [0.1, 0.15) is 0 Å². The largest absolute Gasteiger partial charge is 0.340 e. The van der Waals surface area contributed by atoms with E-state index in [1.165, 1.54) is 66.4 Å². The van der Waals surface area contributed by atoms with Gasteiger partial charge in [-0.25, -0.2) is 0 Å². The molecule has 3 heteroatoms. The van der Waals surface area contributed by atoms with Crippen molar-refractivity contribution < 1.29 is 20.1 Å². The first-order chi connectivity index (χ1) is 16.8. The first-order valence-electron chi connectivity index (χ1n) is 12.2. The zero-order valence-corrected chi connectivity index (χ0v) is 24.0. The fraction of sp³-hybridized carbons (Fsp3) is 0.182. The summed E-state index contributed by atoms with van der Waals surface area (Å²) in [5, 5.41) is 3.55. The molecule has 0 fully saturated rings. The summed E-state index contributed by atoms with van der Waals surface area (Å²) in [6, 6.07) is 25.7. The molecule has 0 saturated carbocycles. The molecule has 2 aromatic heterocycles. The zero-order valence-electron chi connectivity index (χ0n) is 21.6. The van der Waals surface area contributed by atoms with Crippen LogP contribution in [0.15, 0.2) is 66.9 Å². The molecule has 2 heterocycles. The summed E-state index contributed by atoms with van der Waals surface area (Å²) in [6.07, 6.45) is 2.16. The number of aryl methyl sites for hydroxylation is 6. The van der Waals surface area contributed by atoms with Gasteiger partial charge < -0.3 is 4.40 Å². The van der Waals surface area contributed by atoms with Gasteiger partial charge >= 0.3 is 0 Å². The first kappa shape index (κ1) is 24.4. The molecule has 0 N–H and O–H groups in total. The Hall–Kier alpha value is -3.26. The van der Waals surface area contributed by atoms with Crippen molar-refractivity contribution in [1.82, 2.24) is 9.38 Å². The number of nitrogens with zero attached hydrogens (tertiary/aromatic N) is 2. The normalized spacial score (nSPS) is 11.4. The maximum Gasteiger partial charge on any atom is 0.0612 e. The minimum Gasteiger partial charge on any atom is -0.340 e. The van der Waals surface area contributed by atoms with Gasteiger partial charge in [0.2, 0.25) is 0 Å². The van der Waals surface area contributed by atoms with Crippen molar-refractivity contribution in [1.29, 1.82) is 0 Å². The summed E-state index contributed by atoms with van der Waals surface area (Å²) in [5.41, 5.74) is 14.8. The van der Waals surface area contributed by atoms with E-state index >= 15 is 0 Å². The van der Waals surface area contributed by atoms with Crippen LogP contribution >= 0.6 is 0 Å². The second-order valence-electron chi connectivity index (χ2n) is 9.94. The summed E-state index contributed by atoms with van der Waals surface area (Å²) >= 11 is 0. The summed E-state index contributed by atoms with van der Waals surface area (Å²) in [4.78, 5) is 4.95. The van der Waals surface area contributed by atoms with Crippen molar-refractivity contribution in [2.75, 3.05) is 0 Å². The molecular weight excluding hydrogens is 617 g/mol. The van der Waals surface area contributed by atoms with Crippen molar-refractivity contribution in [2.24, 2.45) is 0 Å². The Morgan fingerprint density at radius 1 is 0.722 bits per heavy atom. The molecule has 4 aromatic carbocycles. The van der Waals surface area contributed by atoms with E-state index in [9.17, 15) is 0 Å². The molecule has 0 bridgehead atoms. The third kappa shape index (κ3) is 3.61. The molecule has 0 amide bonds. The minimum atomic E-state index is 0. The van der Waals surface area contributed by atoms with Gasteiger partial charge in [0.05, 0.1) is 5.65 Å². The molecule has 0 aliphatic heterocycles. The summed E-state index contributed by atoms with van der Waals surface area (Å²) < 4.78 is 2.27.